The molecule has 1 aromatic carbocycles. The number of hydrogen-bond acceptors (Lipinski definition) is 3. The van der Waals surface area contributed by atoms with Gasteiger partial charge >= 0.3 is 5.97 Å². The van der Waals surface area contributed by atoms with E-state index in [0.29, 0.717) is 13.0 Å². The lowest BCUT2D eigenvalue weighted by atomic mass is 10.2. The molecule has 19 heavy (non-hydrogen) atoms. The first-order valence-electron chi connectivity index (χ1n) is 5.51. The van der Waals surface area contributed by atoms with Crippen LogP contribution in [0.1, 0.15) is 16.8 Å². The average Bonchev–Trinajstić information content (AvgIpc) is 2.37. The van der Waals surface area contributed by atoms with Crippen molar-refractivity contribution >= 4 is 29.2 Å². The van der Waals surface area contributed by atoms with Crippen LogP contribution in [-0.4, -0.2) is 30.1 Å². The second-order valence-corrected chi connectivity index (χ2v) is 4.09. The molecule has 0 aliphatic heterocycles. The van der Waals surface area contributed by atoms with Crippen LogP contribution in [0.5, 0.6) is 0 Å². The van der Waals surface area contributed by atoms with Gasteiger partial charge in [0, 0.05) is 13.0 Å². The van der Waals surface area contributed by atoms with Gasteiger partial charge in [-0.25, -0.2) is 4.79 Å². The quantitative estimate of drug-likeness (QED) is 0.546. The zero-order valence-corrected chi connectivity index (χ0v) is 10.8. The predicted octanol–water partition coefficient (Wildman–Crippen LogP) is 1.59. The molecule has 0 bridgehead atoms. The molecule has 0 fully saturated rings. The number of carbonyl (C=O) groups is 2. The van der Waals surface area contributed by atoms with Crippen molar-refractivity contribution in [3.8, 4) is 12.3 Å². The fraction of sp³-hybridized carbons (Fsp3) is 0.231. The summed E-state index contributed by atoms with van der Waals surface area (Å²) in [5.41, 5.74) is 0.324. The van der Waals surface area contributed by atoms with E-state index >= 15 is 0 Å². The van der Waals surface area contributed by atoms with E-state index in [1.807, 2.05) is 0 Å². The fourth-order valence-corrected chi connectivity index (χ4v) is 1.48. The van der Waals surface area contributed by atoms with Crippen LogP contribution in [0.25, 0.3) is 0 Å². The first-order chi connectivity index (χ1) is 9.04. The number of aromatic carboxylic acids is 1. The van der Waals surface area contributed by atoms with E-state index < -0.39 is 5.97 Å². The number of halogens is 1. The molecule has 0 radical (unpaired) electrons. The van der Waals surface area contributed by atoms with Crippen LogP contribution in [0.2, 0.25) is 5.02 Å². The molecule has 0 aliphatic rings. The largest absolute Gasteiger partial charge is 0.478 e. The van der Waals surface area contributed by atoms with E-state index in [4.69, 9.17) is 23.1 Å². The number of carbonyl (C=O) groups excluding carboxylic acids is 1. The van der Waals surface area contributed by atoms with Crippen LogP contribution in [0.4, 0.5) is 5.69 Å². The first kappa shape index (κ1) is 15.0. The SMILES string of the molecule is C#CCCNCC(=O)Nc1cc(C(=O)O)ccc1Cl. The van der Waals surface area contributed by atoms with Gasteiger partial charge in [-0.15, -0.1) is 12.3 Å². The summed E-state index contributed by atoms with van der Waals surface area (Å²) in [6, 6.07) is 4.10. The van der Waals surface area contributed by atoms with Crippen LogP contribution in [-0.2, 0) is 4.79 Å². The summed E-state index contributed by atoms with van der Waals surface area (Å²) in [6.07, 6.45) is 5.60. The summed E-state index contributed by atoms with van der Waals surface area (Å²) in [4.78, 5) is 22.4. The van der Waals surface area contributed by atoms with Crippen LogP contribution < -0.4 is 10.6 Å². The summed E-state index contributed by atoms with van der Waals surface area (Å²) in [6.45, 7) is 0.613. The molecule has 1 rings (SSSR count). The maximum atomic E-state index is 11.6. The molecule has 3 N–H and O–H groups in total. The Bertz CT molecular complexity index is 523. The lowest BCUT2D eigenvalue weighted by Gasteiger charge is -2.08. The van der Waals surface area contributed by atoms with Gasteiger partial charge in [0.1, 0.15) is 0 Å². The maximum absolute atomic E-state index is 11.6. The number of carboxylic acid groups (broad SMARTS) is 1. The topological polar surface area (TPSA) is 78.4 Å². The van der Waals surface area contributed by atoms with Gasteiger partial charge in [0.25, 0.3) is 0 Å². The zero-order valence-electron chi connectivity index (χ0n) is 10.1. The van der Waals surface area contributed by atoms with Gasteiger partial charge in [-0.2, -0.15) is 0 Å². The predicted molar refractivity (Wildman–Crippen MR) is 73.4 cm³/mol. The van der Waals surface area contributed by atoms with Crippen LogP contribution in [0, 0.1) is 12.3 Å². The summed E-state index contributed by atoms with van der Waals surface area (Å²) in [7, 11) is 0. The second kappa shape index (κ2) is 7.41. The Balaban J connectivity index is 2.61. The van der Waals surface area contributed by atoms with Crippen LogP contribution in [0.3, 0.4) is 0 Å². The summed E-state index contributed by atoms with van der Waals surface area (Å²) in [5, 5.41) is 14.5. The average molecular weight is 281 g/mol. The zero-order chi connectivity index (χ0) is 14.3. The van der Waals surface area contributed by atoms with E-state index in [0.717, 1.165) is 0 Å². The van der Waals surface area contributed by atoms with Crippen molar-refractivity contribution in [2.45, 2.75) is 6.42 Å². The van der Waals surface area contributed by atoms with Crippen molar-refractivity contribution in [3.63, 3.8) is 0 Å². The number of anilines is 1. The molecule has 0 saturated heterocycles. The Hall–Kier alpha value is -2.03. The van der Waals surface area contributed by atoms with Gasteiger partial charge in [-0.05, 0) is 18.2 Å². The molecular formula is C13H13ClN2O3. The Morgan fingerprint density at radius 1 is 1.42 bits per heavy atom. The molecule has 6 heteroatoms. The van der Waals surface area contributed by atoms with Crippen molar-refractivity contribution in [1.82, 2.24) is 5.32 Å². The van der Waals surface area contributed by atoms with Crippen molar-refractivity contribution in [1.29, 1.82) is 0 Å². The molecule has 0 heterocycles. The highest BCUT2D eigenvalue weighted by Crippen LogP contribution is 2.22. The molecule has 0 unspecified atom stereocenters. The van der Waals surface area contributed by atoms with E-state index in [-0.39, 0.29) is 28.7 Å². The molecule has 1 aromatic rings. The third kappa shape index (κ3) is 5.00. The molecule has 0 aromatic heterocycles. The first-order valence-corrected chi connectivity index (χ1v) is 5.89. The lowest BCUT2D eigenvalue weighted by molar-refractivity contribution is -0.115. The third-order valence-electron chi connectivity index (χ3n) is 2.22. The van der Waals surface area contributed by atoms with Gasteiger partial charge in [0.05, 0.1) is 22.8 Å². The van der Waals surface area contributed by atoms with Crippen molar-refractivity contribution in [3.05, 3.63) is 28.8 Å². The summed E-state index contributed by atoms with van der Waals surface area (Å²) >= 11 is 5.87. The molecule has 0 atom stereocenters. The number of nitrogens with one attached hydrogen (secondary N) is 2. The molecule has 1 amide bonds. The number of rotatable bonds is 6. The van der Waals surface area contributed by atoms with Gasteiger partial charge < -0.3 is 15.7 Å². The van der Waals surface area contributed by atoms with Crippen molar-refractivity contribution in [2.75, 3.05) is 18.4 Å². The Morgan fingerprint density at radius 3 is 2.79 bits per heavy atom. The highest BCUT2D eigenvalue weighted by molar-refractivity contribution is 6.33. The number of hydrogen-bond donors (Lipinski definition) is 3. The summed E-state index contributed by atoms with van der Waals surface area (Å²) in [5.74, 6) is 1.04. The monoisotopic (exact) mass is 280 g/mol. The Labute approximate surface area is 116 Å². The highest BCUT2D eigenvalue weighted by Gasteiger charge is 2.09. The van der Waals surface area contributed by atoms with E-state index in [1.165, 1.54) is 18.2 Å². The van der Waals surface area contributed by atoms with E-state index in [9.17, 15) is 9.59 Å². The van der Waals surface area contributed by atoms with Crippen molar-refractivity contribution < 1.29 is 14.7 Å². The van der Waals surface area contributed by atoms with Crippen LogP contribution >= 0.6 is 11.6 Å². The summed E-state index contributed by atoms with van der Waals surface area (Å²) < 4.78 is 0. The highest BCUT2D eigenvalue weighted by atomic mass is 35.5. The smallest absolute Gasteiger partial charge is 0.335 e. The number of benzene rings is 1. The maximum Gasteiger partial charge on any atom is 0.335 e. The number of terminal acetylenes is 1. The normalized spacial score (nSPS) is 9.68. The molecule has 0 saturated carbocycles. The van der Waals surface area contributed by atoms with Gasteiger partial charge in [0.2, 0.25) is 5.91 Å². The minimum Gasteiger partial charge on any atom is -0.478 e. The van der Waals surface area contributed by atoms with Crippen LogP contribution in [0.15, 0.2) is 18.2 Å². The Kier molecular flexibility index (Phi) is 5.86. The van der Waals surface area contributed by atoms with Crippen molar-refractivity contribution in [2.24, 2.45) is 0 Å². The molecular weight excluding hydrogens is 268 g/mol. The van der Waals surface area contributed by atoms with Gasteiger partial charge in [-0.3, -0.25) is 4.79 Å². The molecule has 0 aliphatic carbocycles. The van der Waals surface area contributed by atoms with E-state index in [1.54, 1.807) is 0 Å². The standard InChI is InChI=1S/C13H13ClN2O3/c1-2-3-6-15-8-12(17)16-11-7-9(13(18)19)4-5-10(11)14/h1,4-5,7,15H,3,6,8H2,(H,16,17)(H,18,19). The molecule has 0 spiro atoms. The van der Waals surface area contributed by atoms with Gasteiger partial charge in [-0.1, -0.05) is 11.6 Å². The fourth-order valence-electron chi connectivity index (χ4n) is 1.31. The molecule has 5 nitrogen and oxygen atoms in total. The molecule has 100 valence electrons. The lowest BCUT2D eigenvalue weighted by Crippen LogP contribution is -2.28. The van der Waals surface area contributed by atoms with E-state index in [2.05, 4.69) is 16.6 Å². The second-order valence-electron chi connectivity index (χ2n) is 3.68. The third-order valence-corrected chi connectivity index (χ3v) is 2.55. The Morgan fingerprint density at radius 2 is 2.16 bits per heavy atom. The minimum absolute atomic E-state index is 0.0555. The minimum atomic E-state index is -1.08. The van der Waals surface area contributed by atoms with Gasteiger partial charge in [0.15, 0.2) is 0 Å². The number of amides is 1. The number of carboxylic acids is 1.